The number of nitrogens with zero attached hydrogens (tertiary/aromatic N) is 2. The van der Waals surface area contributed by atoms with Crippen LogP contribution >= 0.6 is 15.9 Å². The monoisotopic (exact) mass is 492 g/mol. The molecule has 3 amide bonds. The predicted molar refractivity (Wildman–Crippen MR) is 120 cm³/mol. The molecule has 2 heterocycles. The Bertz CT molecular complexity index is 924. The average molecular weight is 493 g/mol. The molecule has 4 atom stereocenters. The van der Waals surface area contributed by atoms with E-state index in [2.05, 4.69) is 31.6 Å². The van der Waals surface area contributed by atoms with Gasteiger partial charge < -0.3 is 20.6 Å². The highest BCUT2D eigenvalue weighted by molar-refractivity contribution is 9.10. The lowest BCUT2D eigenvalue weighted by molar-refractivity contribution is -0.139. The van der Waals surface area contributed by atoms with Crippen molar-refractivity contribution in [2.45, 2.75) is 64.8 Å². The van der Waals surface area contributed by atoms with Crippen LogP contribution in [0.5, 0.6) is 0 Å². The number of halogens is 1. The molecule has 2 aliphatic heterocycles. The van der Waals surface area contributed by atoms with Crippen molar-refractivity contribution in [2.24, 2.45) is 10.4 Å². The summed E-state index contributed by atoms with van der Waals surface area (Å²) in [4.78, 5) is 43.7. The summed E-state index contributed by atoms with van der Waals surface area (Å²) in [5.74, 6) is -0.610. The zero-order valence-corrected chi connectivity index (χ0v) is 20.0. The van der Waals surface area contributed by atoms with Gasteiger partial charge in [0.2, 0.25) is 11.8 Å². The maximum atomic E-state index is 13.4. The third-order valence-electron chi connectivity index (χ3n) is 5.79. The number of hydrogen-bond donors (Lipinski definition) is 3. The van der Waals surface area contributed by atoms with Crippen LogP contribution in [-0.2, 0) is 19.9 Å². The van der Waals surface area contributed by atoms with Gasteiger partial charge in [-0.3, -0.25) is 14.4 Å². The lowest BCUT2D eigenvalue weighted by atomic mass is 9.85. The molecular weight excluding hydrogens is 464 g/mol. The van der Waals surface area contributed by atoms with Gasteiger partial charge in [-0.25, -0.2) is 0 Å². The molecule has 9 heteroatoms. The molecule has 0 saturated carbocycles. The van der Waals surface area contributed by atoms with Crippen molar-refractivity contribution in [3.8, 4) is 0 Å². The smallest absolute Gasteiger partial charge is 0.277 e. The number of aliphatic hydroxyl groups excluding tert-OH is 1. The van der Waals surface area contributed by atoms with Gasteiger partial charge in [0.25, 0.3) is 5.91 Å². The largest absolute Gasteiger partial charge is 0.391 e. The minimum absolute atomic E-state index is 0.111. The van der Waals surface area contributed by atoms with E-state index in [9.17, 15) is 19.5 Å². The Morgan fingerprint density at radius 3 is 2.48 bits per heavy atom. The van der Waals surface area contributed by atoms with Crippen molar-refractivity contribution in [3.05, 3.63) is 34.3 Å². The number of benzene rings is 1. The van der Waals surface area contributed by atoms with Gasteiger partial charge in [0, 0.05) is 24.4 Å². The van der Waals surface area contributed by atoms with Crippen LogP contribution in [0.1, 0.15) is 46.6 Å². The molecule has 0 aromatic heterocycles. The van der Waals surface area contributed by atoms with Crippen LogP contribution in [0.4, 0.5) is 0 Å². The summed E-state index contributed by atoms with van der Waals surface area (Å²) in [5, 5.41) is 16.3. The second-order valence-electron chi connectivity index (χ2n) is 9.45. The molecule has 0 spiro atoms. The van der Waals surface area contributed by atoms with E-state index in [1.54, 1.807) is 6.92 Å². The van der Waals surface area contributed by atoms with Gasteiger partial charge in [0.15, 0.2) is 0 Å². The van der Waals surface area contributed by atoms with Crippen molar-refractivity contribution < 1.29 is 19.5 Å². The number of carbonyl (C=O) groups is 3. The molecule has 31 heavy (non-hydrogen) atoms. The predicted octanol–water partition coefficient (Wildman–Crippen LogP) is 1.71. The second-order valence-corrected chi connectivity index (χ2v) is 10.4. The van der Waals surface area contributed by atoms with Crippen molar-refractivity contribution in [3.63, 3.8) is 0 Å². The topological polar surface area (TPSA) is 111 Å². The van der Waals surface area contributed by atoms with Gasteiger partial charge in [-0.1, -0.05) is 48.8 Å². The molecular formula is C22H29BrN4O4. The molecule has 1 aromatic carbocycles. The van der Waals surface area contributed by atoms with Gasteiger partial charge in [-0.2, -0.15) is 4.99 Å². The number of rotatable bonds is 4. The number of β-amino-alcohol motifs (C(OH)–C–C–N with tert-alkyl or cyclic N) is 1. The molecule has 8 nitrogen and oxygen atoms in total. The summed E-state index contributed by atoms with van der Waals surface area (Å²) in [7, 11) is 0. The fourth-order valence-electron chi connectivity index (χ4n) is 4.03. The highest BCUT2D eigenvalue weighted by Gasteiger charge is 2.48. The fourth-order valence-corrected chi connectivity index (χ4v) is 4.29. The summed E-state index contributed by atoms with van der Waals surface area (Å²) >= 11 is 3.39. The van der Waals surface area contributed by atoms with Crippen LogP contribution in [0.15, 0.2) is 33.7 Å². The van der Waals surface area contributed by atoms with Crippen LogP contribution in [-0.4, -0.2) is 58.3 Å². The van der Waals surface area contributed by atoms with E-state index in [-0.39, 0.29) is 30.7 Å². The van der Waals surface area contributed by atoms with Crippen molar-refractivity contribution in [2.75, 3.05) is 6.54 Å². The number of carbonyl (C=O) groups excluding carboxylic acids is 3. The number of aliphatic hydroxyl groups is 1. The third kappa shape index (κ3) is 4.67. The molecule has 1 fully saturated rings. The Kier molecular flexibility index (Phi) is 6.30. The van der Waals surface area contributed by atoms with Crippen molar-refractivity contribution in [1.29, 1.82) is 0 Å². The minimum atomic E-state index is -1.06. The Morgan fingerprint density at radius 1 is 1.32 bits per heavy atom. The zero-order chi connectivity index (χ0) is 23.1. The molecule has 3 rings (SSSR count). The number of amides is 3. The first kappa shape index (κ1) is 23.4. The van der Waals surface area contributed by atoms with Crippen LogP contribution in [0.3, 0.4) is 0 Å². The van der Waals surface area contributed by atoms with E-state index in [1.165, 1.54) is 11.8 Å². The molecule has 0 unspecified atom stereocenters. The van der Waals surface area contributed by atoms with E-state index in [0.29, 0.717) is 5.84 Å². The number of nitrogens with one attached hydrogen (secondary N) is 2. The summed E-state index contributed by atoms with van der Waals surface area (Å²) in [6.45, 7) is 8.83. The lowest BCUT2D eigenvalue weighted by Crippen LogP contribution is -2.58. The third-order valence-corrected chi connectivity index (χ3v) is 6.32. The van der Waals surface area contributed by atoms with Gasteiger partial charge in [0.1, 0.15) is 17.4 Å². The molecule has 1 aromatic rings. The second kappa shape index (κ2) is 8.35. The quantitative estimate of drug-likeness (QED) is 0.592. The van der Waals surface area contributed by atoms with Crippen LogP contribution in [0.25, 0.3) is 0 Å². The fraction of sp³-hybridized carbons (Fsp3) is 0.545. The number of likely N-dealkylation sites (tertiary alicyclic amines) is 1. The Labute approximate surface area is 190 Å². The highest BCUT2D eigenvalue weighted by atomic mass is 79.9. The maximum absolute atomic E-state index is 13.4. The summed E-state index contributed by atoms with van der Waals surface area (Å²) in [6.07, 6.45) is -0.482. The van der Waals surface area contributed by atoms with Gasteiger partial charge in [0.05, 0.1) is 12.1 Å². The molecule has 168 valence electrons. The van der Waals surface area contributed by atoms with Crippen LogP contribution in [0.2, 0.25) is 0 Å². The molecule has 1 saturated heterocycles. The molecule has 2 aliphatic rings. The van der Waals surface area contributed by atoms with Crippen LogP contribution in [0, 0.1) is 5.41 Å². The zero-order valence-electron chi connectivity index (χ0n) is 18.4. The van der Waals surface area contributed by atoms with Gasteiger partial charge in [-0.15, -0.1) is 0 Å². The van der Waals surface area contributed by atoms with E-state index < -0.39 is 29.1 Å². The number of hydrogen-bond acceptors (Lipinski definition) is 5. The highest BCUT2D eigenvalue weighted by Crippen LogP contribution is 2.32. The maximum Gasteiger partial charge on any atom is 0.277 e. The minimum Gasteiger partial charge on any atom is -0.391 e. The number of amidine groups is 1. The molecule has 3 N–H and O–H groups in total. The standard InChI is InChI=1S/C22H29BrN4O4/c1-12(28)24-17(21(2,3)4)19(30)27-11-15(29)10-16(27)18-25-20(31)22(5,26-18)13-6-8-14(23)9-7-13/h6-9,15-17,29H,10-11H2,1-5H3,(H,24,28)(H,25,26,31)/t15-,16-,17-,22+/m1/s1. The first-order valence-electron chi connectivity index (χ1n) is 10.3. The number of aliphatic imine (C=N–C) groups is 1. The van der Waals surface area contributed by atoms with Crippen molar-refractivity contribution >= 4 is 39.5 Å². The van der Waals surface area contributed by atoms with E-state index in [4.69, 9.17) is 0 Å². The SMILES string of the molecule is CC(=O)N[C@H](C(=O)N1C[C@H](O)C[C@@H]1C1=NC(=O)[C@](C)(c2ccc(Br)cc2)N1)C(C)(C)C. The summed E-state index contributed by atoms with van der Waals surface area (Å²) in [5.41, 5.74) is -0.839. The molecule has 0 bridgehead atoms. The Hall–Kier alpha value is -2.26. The Morgan fingerprint density at radius 2 is 1.94 bits per heavy atom. The Balaban J connectivity index is 1.88. The summed E-state index contributed by atoms with van der Waals surface area (Å²) in [6, 6.07) is 6.03. The normalized spacial score (nSPS) is 27.0. The lowest BCUT2D eigenvalue weighted by Gasteiger charge is -2.36. The van der Waals surface area contributed by atoms with Crippen molar-refractivity contribution in [1.82, 2.24) is 15.5 Å². The van der Waals surface area contributed by atoms with Crippen LogP contribution < -0.4 is 10.6 Å². The first-order valence-corrected chi connectivity index (χ1v) is 11.0. The van der Waals surface area contributed by atoms with Gasteiger partial charge in [-0.05, 0) is 30.0 Å². The van der Waals surface area contributed by atoms with Gasteiger partial charge >= 0.3 is 0 Å². The van der Waals surface area contributed by atoms with E-state index in [0.717, 1.165) is 10.0 Å². The van der Waals surface area contributed by atoms with E-state index in [1.807, 2.05) is 45.0 Å². The average Bonchev–Trinajstić information content (AvgIpc) is 3.19. The first-order chi connectivity index (χ1) is 14.3. The summed E-state index contributed by atoms with van der Waals surface area (Å²) < 4.78 is 0.897. The molecule has 0 radical (unpaired) electrons. The molecule has 0 aliphatic carbocycles. The van der Waals surface area contributed by atoms with E-state index >= 15 is 0 Å².